The molecular weight excluding hydrogens is 248 g/mol. The number of carbonyl (C=O) groups excluding carboxylic acids is 1. The molecule has 110 valence electrons. The van der Waals surface area contributed by atoms with Crippen molar-refractivity contribution in [1.82, 2.24) is 0 Å². The predicted octanol–water partition coefficient (Wildman–Crippen LogP) is 4.76. The van der Waals surface area contributed by atoms with E-state index in [1.165, 1.54) is 25.7 Å². The van der Waals surface area contributed by atoms with E-state index >= 15 is 0 Å². The molecule has 0 radical (unpaired) electrons. The van der Waals surface area contributed by atoms with Gasteiger partial charge in [0.15, 0.2) is 0 Å². The number of esters is 1. The fourth-order valence-electron chi connectivity index (χ4n) is 3.19. The molecule has 1 aliphatic rings. The predicted molar refractivity (Wildman–Crippen MR) is 81.9 cm³/mol. The summed E-state index contributed by atoms with van der Waals surface area (Å²) in [6.45, 7) is 4.32. The molecule has 0 heterocycles. The van der Waals surface area contributed by atoms with Crippen molar-refractivity contribution < 1.29 is 9.53 Å². The summed E-state index contributed by atoms with van der Waals surface area (Å²) in [5.74, 6) is 0.708. The zero-order valence-electron chi connectivity index (χ0n) is 12.7. The number of hydrogen-bond acceptors (Lipinski definition) is 2. The number of rotatable bonds is 5. The Labute approximate surface area is 122 Å². The Kier molecular flexibility index (Phi) is 5.63. The molecule has 0 atom stereocenters. The average Bonchev–Trinajstić information content (AvgIpc) is 2.49. The van der Waals surface area contributed by atoms with Crippen molar-refractivity contribution in [3.05, 3.63) is 35.4 Å². The summed E-state index contributed by atoms with van der Waals surface area (Å²) in [6.07, 6.45) is 8.06. The Morgan fingerprint density at radius 1 is 1.15 bits per heavy atom. The zero-order valence-corrected chi connectivity index (χ0v) is 12.7. The van der Waals surface area contributed by atoms with Crippen LogP contribution in [0.15, 0.2) is 24.3 Å². The second-order valence-electron chi connectivity index (χ2n) is 5.85. The summed E-state index contributed by atoms with van der Waals surface area (Å²) in [5.41, 5.74) is 1.82. The smallest absolute Gasteiger partial charge is 0.338 e. The zero-order chi connectivity index (χ0) is 14.4. The lowest BCUT2D eigenvalue weighted by Crippen LogP contribution is -2.25. The van der Waals surface area contributed by atoms with Crippen LogP contribution in [0.3, 0.4) is 0 Å². The van der Waals surface area contributed by atoms with Crippen LogP contribution in [0.4, 0.5) is 0 Å². The molecule has 0 amide bonds. The molecular formula is C18H26O2. The van der Waals surface area contributed by atoms with Crippen LogP contribution in [0.2, 0.25) is 0 Å². The van der Waals surface area contributed by atoms with Crippen molar-refractivity contribution in [2.75, 3.05) is 0 Å². The van der Waals surface area contributed by atoms with Gasteiger partial charge < -0.3 is 4.74 Å². The highest BCUT2D eigenvalue weighted by Gasteiger charge is 2.24. The molecule has 1 aliphatic carbocycles. The SMILES string of the molecule is CCCC1CCC(OC(=O)c2ccccc2CC)CC1. The van der Waals surface area contributed by atoms with E-state index in [-0.39, 0.29) is 12.1 Å². The van der Waals surface area contributed by atoms with Crippen molar-refractivity contribution in [2.45, 2.75) is 64.9 Å². The van der Waals surface area contributed by atoms with Gasteiger partial charge in [0.1, 0.15) is 6.10 Å². The topological polar surface area (TPSA) is 26.3 Å². The molecule has 0 aromatic heterocycles. The monoisotopic (exact) mass is 274 g/mol. The summed E-state index contributed by atoms with van der Waals surface area (Å²) in [5, 5.41) is 0. The Balaban J connectivity index is 1.89. The van der Waals surface area contributed by atoms with E-state index in [2.05, 4.69) is 13.8 Å². The third-order valence-electron chi connectivity index (χ3n) is 4.38. The van der Waals surface area contributed by atoms with Gasteiger partial charge in [-0.15, -0.1) is 0 Å². The van der Waals surface area contributed by atoms with Gasteiger partial charge in [0.25, 0.3) is 0 Å². The van der Waals surface area contributed by atoms with Gasteiger partial charge >= 0.3 is 5.97 Å². The van der Waals surface area contributed by atoms with Crippen LogP contribution in [0.5, 0.6) is 0 Å². The molecule has 0 unspecified atom stereocenters. The average molecular weight is 274 g/mol. The van der Waals surface area contributed by atoms with Gasteiger partial charge in [-0.2, -0.15) is 0 Å². The van der Waals surface area contributed by atoms with Crippen LogP contribution in [0.1, 0.15) is 68.3 Å². The second kappa shape index (κ2) is 7.47. The molecule has 0 saturated heterocycles. The maximum absolute atomic E-state index is 12.3. The summed E-state index contributed by atoms with van der Waals surface area (Å²) in [7, 11) is 0. The minimum absolute atomic E-state index is 0.125. The molecule has 2 heteroatoms. The van der Waals surface area contributed by atoms with Crippen molar-refractivity contribution in [1.29, 1.82) is 0 Å². The van der Waals surface area contributed by atoms with Crippen LogP contribution in [0.25, 0.3) is 0 Å². The number of benzene rings is 1. The largest absolute Gasteiger partial charge is 0.459 e. The van der Waals surface area contributed by atoms with Crippen LogP contribution < -0.4 is 0 Å². The highest BCUT2D eigenvalue weighted by molar-refractivity contribution is 5.91. The highest BCUT2D eigenvalue weighted by Crippen LogP contribution is 2.29. The van der Waals surface area contributed by atoms with E-state index in [0.29, 0.717) is 0 Å². The maximum Gasteiger partial charge on any atom is 0.338 e. The molecule has 0 N–H and O–H groups in total. The molecule has 2 rings (SSSR count). The van der Waals surface area contributed by atoms with Crippen molar-refractivity contribution >= 4 is 5.97 Å². The van der Waals surface area contributed by atoms with E-state index in [1.807, 2.05) is 24.3 Å². The van der Waals surface area contributed by atoms with Crippen LogP contribution in [0, 0.1) is 5.92 Å². The first kappa shape index (κ1) is 15.1. The summed E-state index contributed by atoms with van der Waals surface area (Å²) in [4.78, 5) is 12.3. The van der Waals surface area contributed by atoms with E-state index < -0.39 is 0 Å². The van der Waals surface area contributed by atoms with E-state index in [4.69, 9.17) is 4.74 Å². The number of ether oxygens (including phenoxy) is 1. The Morgan fingerprint density at radius 3 is 2.50 bits per heavy atom. The molecule has 0 bridgehead atoms. The Morgan fingerprint density at radius 2 is 1.85 bits per heavy atom. The van der Waals surface area contributed by atoms with Crippen molar-refractivity contribution in [2.24, 2.45) is 5.92 Å². The van der Waals surface area contributed by atoms with Gasteiger partial charge in [0.05, 0.1) is 5.56 Å². The van der Waals surface area contributed by atoms with Crippen LogP contribution >= 0.6 is 0 Å². The summed E-state index contributed by atoms with van der Waals surface area (Å²) in [6, 6.07) is 7.78. The normalized spacial score (nSPS) is 22.5. The molecule has 1 fully saturated rings. The van der Waals surface area contributed by atoms with E-state index in [9.17, 15) is 4.79 Å². The number of carbonyl (C=O) groups is 1. The molecule has 0 aliphatic heterocycles. The van der Waals surface area contributed by atoms with E-state index in [0.717, 1.165) is 36.3 Å². The molecule has 1 saturated carbocycles. The summed E-state index contributed by atoms with van der Waals surface area (Å²) >= 11 is 0. The third-order valence-corrected chi connectivity index (χ3v) is 4.38. The van der Waals surface area contributed by atoms with Crippen molar-refractivity contribution in [3.63, 3.8) is 0 Å². The molecule has 1 aromatic carbocycles. The Bertz CT molecular complexity index is 431. The van der Waals surface area contributed by atoms with Gasteiger partial charge in [-0.1, -0.05) is 44.9 Å². The molecule has 0 spiro atoms. The first-order valence-corrected chi connectivity index (χ1v) is 8.03. The van der Waals surface area contributed by atoms with Gasteiger partial charge in [0, 0.05) is 0 Å². The molecule has 20 heavy (non-hydrogen) atoms. The minimum atomic E-state index is -0.138. The highest BCUT2D eigenvalue weighted by atomic mass is 16.5. The minimum Gasteiger partial charge on any atom is -0.459 e. The van der Waals surface area contributed by atoms with E-state index in [1.54, 1.807) is 0 Å². The fourth-order valence-corrected chi connectivity index (χ4v) is 3.19. The summed E-state index contributed by atoms with van der Waals surface area (Å²) < 4.78 is 5.71. The van der Waals surface area contributed by atoms with Crippen LogP contribution in [-0.4, -0.2) is 12.1 Å². The lowest BCUT2D eigenvalue weighted by Gasteiger charge is -2.28. The lowest BCUT2D eigenvalue weighted by atomic mass is 9.84. The lowest BCUT2D eigenvalue weighted by molar-refractivity contribution is 0.0160. The fraction of sp³-hybridized carbons (Fsp3) is 0.611. The number of hydrogen-bond donors (Lipinski definition) is 0. The standard InChI is InChI=1S/C18H26O2/c1-3-7-14-10-12-16(13-11-14)20-18(19)17-9-6-5-8-15(17)4-2/h5-6,8-9,14,16H,3-4,7,10-13H2,1-2H3. The third kappa shape index (κ3) is 3.84. The first-order chi connectivity index (χ1) is 9.74. The first-order valence-electron chi connectivity index (χ1n) is 8.03. The quantitative estimate of drug-likeness (QED) is 0.723. The van der Waals surface area contributed by atoms with Gasteiger partial charge in [-0.3, -0.25) is 0 Å². The van der Waals surface area contributed by atoms with Crippen LogP contribution in [-0.2, 0) is 11.2 Å². The maximum atomic E-state index is 12.3. The Hall–Kier alpha value is -1.31. The number of aryl methyl sites for hydroxylation is 1. The van der Waals surface area contributed by atoms with Gasteiger partial charge in [-0.25, -0.2) is 4.79 Å². The van der Waals surface area contributed by atoms with Gasteiger partial charge in [0.2, 0.25) is 0 Å². The molecule has 1 aromatic rings. The van der Waals surface area contributed by atoms with Crippen molar-refractivity contribution in [3.8, 4) is 0 Å². The molecule has 2 nitrogen and oxygen atoms in total. The van der Waals surface area contributed by atoms with Gasteiger partial charge in [-0.05, 0) is 49.7 Å². The second-order valence-corrected chi connectivity index (χ2v) is 5.85.